The number of Topliss-reactive ketones (excluding diaryl/α,β-unsaturated/α-hetero) is 1. The van der Waals surface area contributed by atoms with Crippen LogP contribution < -0.4 is 10.2 Å². The van der Waals surface area contributed by atoms with Crippen LogP contribution in [0.4, 0.5) is 11.4 Å². The Kier molecular flexibility index (Phi) is 6.53. The highest BCUT2D eigenvalue weighted by Crippen LogP contribution is 2.34. The lowest BCUT2D eigenvalue weighted by molar-refractivity contribution is -0.116. The molecule has 2 aromatic rings. The van der Waals surface area contributed by atoms with Gasteiger partial charge in [0.1, 0.15) is 0 Å². The van der Waals surface area contributed by atoms with E-state index in [1.54, 1.807) is 24.3 Å². The maximum Gasteiger partial charge on any atom is 0.224 e. The van der Waals surface area contributed by atoms with Crippen LogP contribution in [0.15, 0.2) is 30.3 Å². The highest BCUT2D eigenvalue weighted by molar-refractivity contribution is 7.18. The third kappa shape index (κ3) is 4.76. The molecule has 1 aliphatic heterocycles. The van der Waals surface area contributed by atoms with E-state index in [0.29, 0.717) is 46.2 Å². The van der Waals surface area contributed by atoms with Crippen molar-refractivity contribution in [1.82, 2.24) is 0 Å². The maximum atomic E-state index is 12.3. The lowest BCUT2D eigenvalue weighted by Crippen LogP contribution is -2.37. The molecule has 138 valence electrons. The lowest BCUT2D eigenvalue weighted by Gasteiger charge is -2.31. The largest absolute Gasteiger partial charge is 0.378 e. The third-order valence-corrected chi connectivity index (χ3v) is 5.59. The van der Waals surface area contributed by atoms with Gasteiger partial charge in [-0.2, -0.15) is 0 Å². The summed E-state index contributed by atoms with van der Waals surface area (Å²) >= 11 is 13.4. The number of hydrogen-bond donors (Lipinski definition) is 1. The number of benzene rings is 1. The first-order chi connectivity index (χ1) is 12.5. The first-order valence-electron chi connectivity index (χ1n) is 8.24. The fourth-order valence-electron chi connectivity index (χ4n) is 2.75. The summed E-state index contributed by atoms with van der Waals surface area (Å²) in [6.45, 7) is 2.67. The quantitative estimate of drug-likeness (QED) is 0.709. The molecule has 1 fully saturated rings. The fraction of sp³-hybridized carbons (Fsp3) is 0.333. The summed E-state index contributed by atoms with van der Waals surface area (Å²) in [5.74, 6) is -0.311. The second-order valence-electron chi connectivity index (χ2n) is 5.81. The Morgan fingerprint density at radius 2 is 1.88 bits per heavy atom. The minimum atomic E-state index is -0.224. The first kappa shape index (κ1) is 19.2. The highest BCUT2D eigenvalue weighted by Gasteiger charge is 2.19. The Balaban J connectivity index is 1.63. The van der Waals surface area contributed by atoms with Gasteiger partial charge in [-0.1, -0.05) is 29.3 Å². The number of carbonyl (C=O) groups excluding carboxylic acids is 2. The number of carbonyl (C=O) groups is 2. The Labute approximate surface area is 165 Å². The lowest BCUT2D eigenvalue weighted by atomic mass is 10.1. The number of halogens is 2. The zero-order valence-corrected chi connectivity index (χ0v) is 16.3. The molecule has 1 saturated heterocycles. The Hall–Kier alpha value is -1.60. The van der Waals surface area contributed by atoms with Gasteiger partial charge in [-0.25, -0.2) is 0 Å². The number of thiophene rings is 1. The van der Waals surface area contributed by atoms with Crippen molar-refractivity contribution in [3.63, 3.8) is 0 Å². The minimum Gasteiger partial charge on any atom is -0.378 e. The number of para-hydroxylation sites is 1. The van der Waals surface area contributed by atoms with Gasteiger partial charge in [0.25, 0.3) is 0 Å². The number of nitrogens with zero attached hydrogens (tertiary/aromatic N) is 1. The van der Waals surface area contributed by atoms with E-state index < -0.39 is 0 Å². The van der Waals surface area contributed by atoms with Gasteiger partial charge < -0.3 is 15.0 Å². The van der Waals surface area contributed by atoms with Gasteiger partial charge >= 0.3 is 0 Å². The predicted octanol–water partition coefficient (Wildman–Crippen LogP) is 4.49. The molecule has 26 heavy (non-hydrogen) atoms. The standard InChI is InChI=1S/C18H18Cl2N2O3S/c19-12-2-1-3-13(18(12)22-8-10-25-11-9-22)21-17(24)7-4-14(23)15-5-6-16(20)26-15/h1-3,5-6H,4,7-11H2,(H,21,24). The fourth-order valence-corrected chi connectivity index (χ4v) is 4.06. The average molecular weight is 413 g/mol. The molecule has 1 aliphatic rings. The van der Waals surface area contributed by atoms with Crippen molar-refractivity contribution in [3.8, 4) is 0 Å². The Morgan fingerprint density at radius 1 is 1.12 bits per heavy atom. The normalized spacial score (nSPS) is 14.3. The van der Waals surface area contributed by atoms with Crippen LogP contribution in [0.5, 0.6) is 0 Å². The number of nitrogens with one attached hydrogen (secondary N) is 1. The van der Waals surface area contributed by atoms with E-state index in [0.717, 1.165) is 5.69 Å². The van der Waals surface area contributed by atoms with Crippen molar-refractivity contribution in [1.29, 1.82) is 0 Å². The number of morpholine rings is 1. The van der Waals surface area contributed by atoms with E-state index in [-0.39, 0.29) is 24.5 Å². The number of ether oxygens (including phenoxy) is 1. The Bertz CT molecular complexity index is 803. The van der Waals surface area contributed by atoms with E-state index in [1.807, 2.05) is 6.07 Å². The third-order valence-electron chi connectivity index (χ3n) is 4.02. The molecule has 0 saturated carbocycles. The molecule has 0 bridgehead atoms. The van der Waals surface area contributed by atoms with Crippen LogP contribution >= 0.6 is 34.5 Å². The summed E-state index contributed by atoms with van der Waals surface area (Å²) in [6, 6.07) is 8.77. The molecule has 5 nitrogen and oxygen atoms in total. The van der Waals surface area contributed by atoms with Crippen LogP contribution in [-0.2, 0) is 9.53 Å². The van der Waals surface area contributed by atoms with Gasteiger partial charge in [0.2, 0.25) is 5.91 Å². The van der Waals surface area contributed by atoms with Crippen molar-refractivity contribution in [3.05, 3.63) is 44.6 Å². The van der Waals surface area contributed by atoms with Crippen molar-refractivity contribution >= 4 is 57.6 Å². The molecule has 0 unspecified atom stereocenters. The molecule has 3 rings (SSSR count). The summed E-state index contributed by atoms with van der Waals surface area (Å²) in [5.41, 5.74) is 1.44. The van der Waals surface area contributed by atoms with E-state index in [2.05, 4.69) is 10.2 Å². The van der Waals surface area contributed by atoms with Crippen LogP contribution in [0, 0.1) is 0 Å². The van der Waals surface area contributed by atoms with E-state index >= 15 is 0 Å². The van der Waals surface area contributed by atoms with Crippen molar-refractivity contribution in [2.24, 2.45) is 0 Å². The van der Waals surface area contributed by atoms with Gasteiger partial charge in [0, 0.05) is 25.9 Å². The zero-order chi connectivity index (χ0) is 18.5. The zero-order valence-electron chi connectivity index (χ0n) is 14.0. The summed E-state index contributed by atoms with van der Waals surface area (Å²) in [5, 5.41) is 3.46. The van der Waals surface area contributed by atoms with Gasteiger partial charge in [0.15, 0.2) is 5.78 Å². The van der Waals surface area contributed by atoms with Gasteiger partial charge in [-0.3, -0.25) is 9.59 Å². The molecular weight excluding hydrogens is 395 g/mol. The number of hydrogen-bond acceptors (Lipinski definition) is 5. The highest BCUT2D eigenvalue weighted by atomic mass is 35.5. The van der Waals surface area contributed by atoms with Crippen molar-refractivity contribution < 1.29 is 14.3 Å². The molecule has 1 amide bonds. The van der Waals surface area contributed by atoms with Crippen LogP contribution in [0.3, 0.4) is 0 Å². The molecule has 8 heteroatoms. The van der Waals surface area contributed by atoms with Crippen LogP contribution in [-0.4, -0.2) is 38.0 Å². The molecule has 2 heterocycles. The second-order valence-corrected chi connectivity index (χ2v) is 7.93. The second kappa shape index (κ2) is 8.86. The molecular formula is C18H18Cl2N2O3S. The number of rotatable bonds is 6. The van der Waals surface area contributed by atoms with Crippen molar-refractivity contribution in [2.75, 3.05) is 36.5 Å². The van der Waals surface area contributed by atoms with Gasteiger partial charge in [-0.05, 0) is 24.3 Å². The van der Waals surface area contributed by atoms with E-state index in [1.165, 1.54) is 11.3 Å². The average Bonchev–Trinajstić information content (AvgIpc) is 3.07. The number of anilines is 2. The minimum absolute atomic E-state index is 0.0865. The first-order valence-corrected chi connectivity index (χ1v) is 9.81. The molecule has 1 aromatic carbocycles. The SMILES string of the molecule is O=C(CCC(=O)c1ccc(Cl)s1)Nc1cccc(Cl)c1N1CCOCC1. The van der Waals surface area contributed by atoms with E-state index in [9.17, 15) is 9.59 Å². The van der Waals surface area contributed by atoms with Crippen LogP contribution in [0.2, 0.25) is 9.36 Å². The maximum absolute atomic E-state index is 12.3. The van der Waals surface area contributed by atoms with E-state index in [4.69, 9.17) is 27.9 Å². The summed E-state index contributed by atoms with van der Waals surface area (Å²) in [6.07, 6.45) is 0.236. The van der Waals surface area contributed by atoms with Crippen LogP contribution in [0.25, 0.3) is 0 Å². The Morgan fingerprint density at radius 3 is 2.58 bits per heavy atom. The molecule has 0 radical (unpaired) electrons. The molecule has 1 N–H and O–H groups in total. The molecule has 0 atom stereocenters. The summed E-state index contributed by atoms with van der Waals surface area (Å²) in [7, 11) is 0. The predicted molar refractivity (Wildman–Crippen MR) is 106 cm³/mol. The molecule has 0 aliphatic carbocycles. The number of amides is 1. The number of ketones is 1. The smallest absolute Gasteiger partial charge is 0.224 e. The topological polar surface area (TPSA) is 58.6 Å². The van der Waals surface area contributed by atoms with Gasteiger partial charge in [-0.15, -0.1) is 11.3 Å². The van der Waals surface area contributed by atoms with Crippen LogP contribution in [0.1, 0.15) is 22.5 Å². The molecule has 1 aromatic heterocycles. The van der Waals surface area contributed by atoms with Crippen molar-refractivity contribution in [2.45, 2.75) is 12.8 Å². The van der Waals surface area contributed by atoms with Gasteiger partial charge in [0.05, 0.1) is 38.8 Å². The summed E-state index contributed by atoms with van der Waals surface area (Å²) < 4.78 is 5.93. The summed E-state index contributed by atoms with van der Waals surface area (Å²) in [4.78, 5) is 27.1. The monoisotopic (exact) mass is 412 g/mol. The molecule has 0 spiro atoms.